The van der Waals surface area contributed by atoms with E-state index in [-0.39, 0.29) is 0 Å². The third-order valence-corrected chi connectivity index (χ3v) is 6.34. The summed E-state index contributed by atoms with van der Waals surface area (Å²) in [5, 5.41) is 0. The fraction of sp³-hybridized carbons (Fsp3) is 1.00. The van der Waals surface area contributed by atoms with Gasteiger partial charge in [-0.2, -0.15) is 0 Å². The van der Waals surface area contributed by atoms with Gasteiger partial charge in [0.2, 0.25) is 0 Å². The summed E-state index contributed by atoms with van der Waals surface area (Å²) in [6.07, 6.45) is 5.90. The maximum atomic E-state index is 2.55. The smallest absolute Gasteiger partial charge is 0.0272 e. The van der Waals surface area contributed by atoms with E-state index in [0.717, 1.165) is 23.7 Å². The predicted molar refractivity (Wildman–Crippen MR) is 71.3 cm³/mol. The average molecular weight is 222 g/mol. The van der Waals surface area contributed by atoms with Gasteiger partial charge in [0.1, 0.15) is 0 Å². The monoisotopic (exact) mass is 222 g/mol. The predicted octanol–water partition coefficient (Wildman–Crippen LogP) is 5.13. The van der Waals surface area contributed by atoms with Gasteiger partial charge >= 0.3 is 0 Å². The van der Waals surface area contributed by atoms with Crippen molar-refractivity contribution in [3.05, 3.63) is 0 Å². The molecule has 0 amide bonds. The van der Waals surface area contributed by atoms with Crippen molar-refractivity contribution in [1.82, 2.24) is 0 Å². The van der Waals surface area contributed by atoms with E-state index in [9.17, 15) is 0 Å². The van der Waals surface area contributed by atoms with Crippen LogP contribution in [0.25, 0.3) is 0 Å². The van der Waals surface area contributed by atoms with Crippen LogP contribution in [0.15, 0.2) is 0 Å². The van der Waals surface area contributed by atoms with E-state index in [1.165, 1.54) is 25.7 Å². The SMILES string of the molecule is CCC1C2CC(CC(C)(C(C)(C)C)C2)C1C. The Morgan fingerprint density at radius 1 is 1.12 bits per heavy atom. The van der Waals surface area contributed by atoms with E-state index in [1.54, 1.807) is 0 Å². The van der Waals surface area contributed by atoms with Crippen molar-refractivity contribution in [2.45, 2.75) is 67.2 Å². The van der Waals surface area contributed by atoms with Gasteiger partial charge in [0.15, 0.2) is 0 Å². The van der Waals surface area contributed by atoms with E-state index in [4.69, 9.17) is 0 Å². The Kier molecular flexibility index (Phi) is 2.92. The van der Waals surface area contributed by atoms with Gasteiger partial charge in [-0.05, 0) is 53.8 Å². The molecule has 0 N–H and O–H groups in total. The lowest BCUT2D eigenvalue weighted by atomic mass is 9.57. The topological polar surface area (TPSA) is 0 Å². The summed E-state index contributed by atoms with van der Waals surface area (Å²) < 4.78 is 0. The van der Waals surface area contributed by atoms with Gasteiger partial charge in [-0.3, -0.25) is 0 Å². The molecular formula is C16H30. The summed E-state index contributed by atoms with van der Waals surface area (Å²) in [4.78, 5) is 0. The summed E-state index contributed by atoms with van der Waals surface area (Å²) >= 11 is 0. The minimum Gasteiger partial charge on any atom is -0.0651 e. The van der Waals surface area contributed by atoms with Crippen LogP contribution in [0.1, 0.15) is 67.2 Å². The van der Waals surface area contributed by atoms with Gasteiger partial charge in [0.25, 0.3) is 0 Å². The van der Waals surface area contributed by atoms with Crippen LogP contribution in [0.5, 0.6) is 0 Å². The van der Waals surface area contributed by atoms with E-state index < -0.39 is 0 Å². The first-order chi connectivity index (χ1) is 7.28. The summed E-state index contributed by atoms with van der Waals surface area (Å²) in [6.45, 7) is 14.8. The zero-order chi connectivity index (χ0) is 12.1. The molecule has 5 atom stereocenters. The molecule has 2 aliphatic carbocycles. The molecule has 94 valence electrons. The van der Waals surface area contributed by atoms with Crippen molar-refractivity contribution < 1.29 is 0 Å². The highest BCUT2D eigenvalue weighted by molar-refractivity contribution is 5.02. The quantitative estimate of drug-likeness (QED) is 0.577. The Morgan fingerprint density at radius 3 is 2.19 bits per heavy atom. The molecule has 0 heteroatoms. The van der Waals surface area contributed by atoms with Crippen LogP contribution in [0.4, 0.5) is 0 Å². The lowest BCUT2D eigenvalue weighted by molar-refractivity contribution is 0.0217. The number of rotatable bonds is 1. The van der Waals surface area contributed by atoms with Crippen molar-refractivity contribution in [3.8, 4) is 0 Å². The van der Waals surface area contributed by atoms with E-state index in [2.05, 4.69) is 41.5 Å². The molecule has 0 heterocycles. The standard InChI is InChI=1S/C16H30/c1-7-14-11(2)12-8-13(14)10-16(6,9-12)15(3,4)5/h11-14H,7-10H2,1-6H3. The molecule has 2 aliphatic rings. The molecule has 0 aliphatic heterocycles. The summed E-state index contributed by atoms with van der Waals surface area (Å²) in [6, 6.07) is 0. The summed E-state index contributed by atoms with van der Waals surface area (Å²) in [7, 11) is 0. The molecular weight excluding hydrogens is 192 g/mol. The van der Waals surface area contributed by atoms with Crippen LogP contribution < -0.4 is 0 Å². The molecule has 5 unspecified atom stereocenters. The maximum Gasteiger partial charge on any atom is -0.0272 e. The molecule has 2 saturated carbocycles. The number of hydrogen-bond acceptors (Lipinski definition) is 0. The molecule has 16 heavy (non-hydrogen) atoms. The van der Waals surface area contributed by atoms with Gasteiger partial charge in [-0.15, -0.1) is 0 Å². The second-order valence-electron chi connectivity index (χ2n) is 7.91. The van der Waals surface area contributed by atoms with Crippen LogP contribution in [-0.2, 0) is 0 Å². The zero-order valence-electron chi connectivity index (χ0n) is 12.1. The van der Waals surface area contributed by atoms with Crippen LogP contribution in [0, 0.1) is 34.5 Å². The lowest BCUT2D eigenvalue weighted by Crippen LogP contribution is -2.38. The van der Waals surface area contributed by atoms with Crippen molar-refractivity contribution in [2.75, 3.05) is 0 Å². The van der Waals surface area contributed by atoms with Gasteiger partial charge in [-0.1, -0.05) is 48.0 Å². The molecule has 0 spiro atoms. The van der Waals surface area contributed by atoms with Crippen molar-refractivity contribution >= 4 is 0 Å². The molecule has 0 nitrogen and oxygen atoms in total. The van der Waals surface area contributed by atoms with E-state index in [0.29, 0.717) is 10.8 Å². The van der Waals surface area contributed by atoms with Gasteiger partial charge in [0.05, 0.1) is 0 Å². The van der Waals surface area contributed by atoms with Crippen LogP contribution in [0.2, 0.25) is 0 Å². The largest absolute Gasteiger partial charge is 0.0651 e. The fourth-order valence-corrected chi connectivity index (χ4v) is 4.62. The maximum absolute atomic E-state index is 2.55. The Labute approximate surface area is 102 Å². The van der Waals surface area contributed by atoms with Gasteiger partial charge in [0, 0.05) is 0 Å². The first kappa shape index (κ1) is 12.5. The number of hydrogen-bond donors (Lipinski definition) is 0. The first-order valence-electron chi connectivity index (χ1n) is 7.28. The molecule has 2 bridgehead atoms. The number of fused-ring (bicyclic) bond motifs is 2. The highest BCUT2D eigenvalue weighted by atomic mass is 14.6. The third kappa shape index (κ3) is 1.73. The first-order valence-corrected chi connectivity index (χ1v) is 7.28. The lowest BCUT2D eigenvalue weighted by Gasteiger charge is -2.48. The van der Waals surface area contributed by atoms with Crippen molar-refractivity contribution in [1.29, 1.82) is 0 Å². The molecule has 0 aromatic rings. The summed E-state index contributed by atoms with van der Waals surface area (Å²) in [5.41, 5.74) is 1.06. The van der Waals surface area contributed by atoms with Crippen molar-refractivity contribution in [2.24, 2.45) is 34.5 Å². The van der Waals surface area contributed by atoms with E-state index >= 15 is 0 Å². The molecule has 0 saturated heterocycles. The Balaban J connectivity index is 2.22. The molecule has 0 aromatic carbocycles. The van der Waals surface area contributed by atoms with Crippen LogP contribution in [0.3, 0.4) is 0 Å². The Morgan fingerprint density at radius 2 is 1.69 bits per heavy atom. The average Bonchev–Trinajstić information content (AvgIpc) is 2.36. The highest BCUT2D eigenvalue weighted by Gasteiger charge is 2.52. The fourth-order valence-electron chi connectivity index (χ4n) is 4.62. The second kappa shape index (κ2) is 3.75. The Bertz CT molecular complexity index is 260. The molecule has 0 radical (unpaired) electrons. The van der Waals surface area contributed by atoms with E-state index in [1.807, 2.05) is 0 Å². The highest BCUT2D eigenvalue weighted by Crippen LogP contribution is 2.61. The zero-order valence-corrected chi connectivity index (χ0v) is 12.1. The van der Waals surface area contributed by atoms with Gasteiger partial charge in [-0.25, -0.2) is 0 Å². The minimum absolute atomic E-state index is 0.478. The second-order valence-corrected chi connectivity index (χ2v) is 7.91. The van der Waals surface area contributed by atoms with Crippen molar-refractivity contribution in [3.63, 3.8) is 0 Å². The normalized spacial score (nSPS) is 48.4. The summed E-state index contributed by atoms with van der Waals surface area (Å²) in [5.74, 6) is 4.06. The third-order valence-electron chi connectivity index (χ3n) is 6.34. The molecule has 2 rings (SSSR count). The minimum atomic E-state index is 0.478. The van der Waals surface area contributed by atoms with Gasteiger partial charge < -0.3 is 0 Å². The molecule has 0 aromatic heterocycles. The Hall–Kier alpha value is 0. The molecule has 2 fully saturated rings. The van der Waals surface area contributed by atoms with Crippen LogP contribution in [-0.4, -0.2) is 0 Å². The van der Waals surface area contributed by atoms with Crippen LogP contribution >= 0.6 is 0 Å².